The van der Waals surface area contributed by atoms with Crippen molar-refractivity contribution in [1.82, 2.24) is 4.90 Å². The monoisotopic (exact) mass is 258 g/mol. The minimum absolute atomic E-state index is 0.206. The van der Waals surface area contributed by atoms with Gasteiger partial charge in [0, 0.05) is 25.3 Å². The Hall–Kier alpha value is -1.87. The molecule has 0 spiro atoms. The molecule has 2 aromatic carbocycles. The smallest absolute Gasteiger partial charge is 0.125 e. The van der Waals surface area contributed by atoms with Crippen LogP contribution in [0.1, 0.15) is 5.56 Å². The SMILES string of the molecule is CN(CCNc1cccc(F)c1)Cc1ccccc1. The number of halogens is 1. The molecule has 2 rings (SSSR count). The van der Waals surface area contributed by atoms with Crippen LogP contribution >= 0.6 is 0 Å². The van der Waals surface area contributed by atoms with Crippen molar-refractivity contribution in [3.63, 3.8) is 0 Å². The van der Waals surface area contributed by atoms with Gasteiger partial charge in [-0.3, -0.25) is 0 Å². The topological polar surface area (TPSA) is 15.3 Å². The lowest BCUT2D eigenvalue weighted by Gasteiger charge is -2.17. The third-order valence-corrected chi connectivity index (χ3v) is 2.94. The van der Waals surface area contributed by atoms with E-state index in [1.165, 1.54) is 17.7 Å². The van der Waals surface area contributed by atoms with Gasteiger partial charge in [-0.05, 0) is 30.8 Å². The first kappa shape index (κ1) is 13.6. The Labute approximate surface area is 113 Å². The van der Waals surface area contributed by atoms with E-state index in [-0.39, 0.29) is 5.82 Å². The number of rotatable bonds is 6. The van der Waals surface area contributed by atoms with Crippen molar-refractivity contribution < 1.29 is 4.39 Å². The summed E-state index contributed by atoms with van der Waals surface area (Å²) in [5.41, 5.74) is 2.13. The first-order valence-electron chi connectivity index (χ1n) is 6.46. The van der Waals surface area contributed by atoms with Crippen LogP contribution in [0.4, 0.5) is 10.1 Å². The molecule has 100 valence electrons. The molecule has 0 atom stereocenters. The predicted octanol–water partition coefficient (Wildman–Crippen LogP) is 3.37. The van der Waals surface area contributed by atoms with Crippen LogP contribution in [0.15, 0.2) is 54.6 Å². The van der Waals surface area contributed by atoms with Gasteiger partial charge in [0.25, 0.3) is 0 Å². The number of likely N-dealkylation sites (N-methyl/N-ethyl adjacent to an activating group) is 1. The Morgan fingerprint density at radius 3 is 2.58 bits per heavy atom. The van der Waals surface area contributed by atoms with Crippen molar-refractivity contribution in [3.8, 4) is 0 Å². The number of anilines is 1. The summed E-state index contributed by atoms with van der Waals surface area (Å²) in [6, 6.07) is 16.9. The summed E-state index contributed by atoms with van der Waals surface area (Å²) < 4.78 is 13.0. The largest absolute Gasteiger partial charge is 0.384 e. The van der Waals surface area contributed by atoms with E-state index in [9.17, 15) is 4.39 Å². The molecule has 0 fully saturated rings. The van der Waals surface area contributed by atoms with Crippen LogP contribution in [-0.2, 0) is 6.54 Å². The second-order valence-corrected chi connectivity index (χ2v) is 4.66. The molecule has 0 saturated heterocycles. The van der Waals surface area contributed by atoms with Crippen LogP contribution in [-0.4, -0.2) is 25.0 Å². The Kier molecular flexibility index (Phi) is 4.93. The van der Waals surface area contributed by atoms with Crippen molar-refractivity contribution in [2.45, 2.75) is 6.54 Å². The summed E-state index contributed by atoms with van der Waals surface area (Å²) in [6.45, 7) is 2.63. The molecule has 3 heteroatoms. The fourth-order valence-corrected chi connectivity index (χ4v) is 1.96. The van der Waals surface area contributed by atoms with Crippen LogP contribution in [0.3, 0.4) is 0 Å². The van der Waals surface area contributed by atoms with E-state index >= 15 is 0 Å². The molecule has 0 amide bonds. The molecule has 0 radical (unpaired) electrons. The average Bonchev–Trinajstić information content (AvgIpc) is 2.40. The molecule has 0 aliphatic heterocycles. The number of nitrogens with one attached hydrogen (secondary N) is 1. The predicted molar refractivity (Wildman–Crippen MR) is 77.7 cm³/mol. The minimum atomic E-state index is -0.206. The lowest BCUT2D eigenvalue weighted by atomic mass is 10.2. The third kappa shape index (κ3) is 4.72. The fourth-order valence-electron chi connectivity index (χ4n) is 1.96. The lowest BCUT2D eigenvalue weighted by molar-refractivity contribution is 0.340. The number of hydrogen-bond donors (Lipinski definition) is 1. The van der Waals surface area contributed by atoms with Gasteiger partial charge in [-0.15, -0.1) is 0 Å². The first-order valence-corrected chi connectivity index (χ1v) is 6.46. The third-order valence-electron chi connectivity index (χ3n) is 2.94. The van der Waals surface area contributed by atoms with E-state index in [2.05, 4.69) is 29.4 Å². The number of hydrogen-bond acceptors (Lipinski definition) is 2. The Balaban J connectivity index is 1.73. The molecule has 0 unspecified atom stereocenters. The van der Waals surface area contributed by atoms with Crippen molar-refractivity contribution in [2.24, 2.45) is 0 Å². The summed E-state index contributed by atoms with van der Waals surface area (Å²) in [7, 11) is 2.08. The van der Waals surface area contributed by atoms with E-state index in [0.29, 0.717) is 0 Å². The molecule has 0 aliphatic carbocycles. The highest BCUT2D eigenvalue weighted by atomic mass is 19.1. The van der Waals surface area contributed by atoms with Crippen LogP contribution in [0.2, 0.25) is 0 Å². The Morgan fingerprint density at radius 1 is 1.05 bits per heavy atom. The van der Waals surface area contributed by atoms with Crippen LogP contribution in [0.5, 0.6) is 0 Å². The quantitative estimate of drug-likeness (QED) is 0.854. The molecule has 2 aromatic rings. The summed E-state index contributed by atoms with van der Waals surface area (Å²) >= 11 is 0. The normalized spacial score (nSPS) is 10.7. The van der Waals surface area contributed by atoms with Crippen molar-refractivity contribution in [2.75, 3.05) is 25.5 Å². The second kappa shape index (κ2) is 6.90. The summed E-state index contributed by atoms with van der Waals surface area (Å²) in [5.74, 6) is -0.206. The van der Waals surface area contributed by atoms with Gasteiger partial charge >= 0.3 is 0 Å². The van der Waals surface area contributed by atoms with Crippen LogP contribution in [0, 0.1) is 5.82 Å². The van der Waals surface area contributed by atoms with E-state index < -0.39 is 0 Å². The van der Waals surface area contributed by atoms with Crippen molar-refractivity contribution in [1.29, 1.82) is 0 Å². The lowest BCUT2D eigenvalue weighted by Crippen LogP contribution is -2.24. The Morgan fingerprint density at radius 2 is 1.84 bits per heavy atom. The van der Waals surface area contributed by atoms with Gasteiger partial charge in [0.05, 0.1) is 0 Å². The molecular formula is C16H19FN2. The zero-order chi connectivity index (χ0) is 13.5. The molecule has 19 heavy (non-hydrogen) atoms. The molecule has 0 aliphatic rings. The summed E-state index contributed by atoms with van der Waals surface area (Å²) in [4.78, 5) is 2.24. The summed E-state index contributed by atoms with van der Waals surface area (Å²) in [5, 5.41) is 3.22. The molecular weight excluding hydrogens is 239 g/mol. The average molecular weight is 258 g/mol. The molecule has 1 N–H and O–H groups in total. The highest BCUT2D eigenvalue weighted by Gasteiger charge is 2.00. The fraction of sp³-hybridized carbons (Fsp3) is 0.250. The maximum absolute atomic E-state index is 13.0. The van der Waals surface area contributed by atoms with E-state index in [4.69, 9.17) is 0 Å². The zero-order valence-corrected chi connectivity index (χ0v) is 11.1. The molecule has 0 aromatic heterocycles. The molecule has 0 heterocycles. The maximum Gasteiger partial charge on any atom is 0.125 e. The van der Waals surface area contributed by atoms with Crippen molar-refractivity contribution in [3.05, 3.63) is 66.0 Å². The first-order chi connectivity index (χ1) is 9.24. The van der Waals surface area contributed by atoms with Gasteiger partial charge in [-0.2, -0.15) is 0 Å². The molecule has 0 bridgehead atoms. The number of nitrogens with zero attached hydrogens (tertiary/aromatic N) is 1. The summed E-state index contributed by atoms with van der Waals surface area (Å²) in [6.07, 6.45) is 0. The van der Waals surface area contributed by atoms with Crippen LogP contribution < -0.4 is 5.32 Å². The second-order valence-electron chi connectivity index (χ2n) is 4.66. The van der Waals surface area contributed by atoms with Crippen molar-refractivity contribution >= 4 is 5.69 Å². The van der Waals surface area contributed by atoms with Gasteiger partial charge in [-0.1, -0.05) is 36.4 Å². The van der Waals surface area contributed by atoms with Gasteiger partial charge in [-0.25, -0.2) is 4.39 Å². The van der Waals surface area contributed by atoms with Gasteiger partial charge in [0.1, 0.15) is 5.82 Å². The maximum atomic E-state index is 13.0. The highest BCUT2D eigenvalue weighted by molar-refractivity contribution is 5.42. The van der Waals surface area contributed by atoms with Gasteiger partial charge < -0.3 is 10.2 Å². The van der Waals surface area contributed by atoms with Gasteiger partial charge in [0.15, 0.2) is 0 Å². The molecule has 0 saturated carbocycles. The minimum Gasteiger partial charge on any atom is -0.384 e. The Bertz CT molecular complexity index is 499. The van der Waals surface area contributed by atoms with E-state index in [0.717, 1.165) is 25.3 Å². The highest BCUT2D eigenvalue weighted by Crippen LogP contribution is 2.08. The number of benzene rings is 2. The zero-order valence-electron chi connectivity index (χ0n) is 11.1. The standard InChI is InChI=1S/C16H19FN2/c1-19(13-14-6-3-2-4-7-14)11-10-18-16-9-5-8-15(17)12-16/h2-9,12,18H,10-11,13H2,1H3. The molecule has 2 nitrogen and oxygen atoms in total. The van der Waals surface area contributed by atoms with Crippen LogP contribution in [0.25, 0.3) is 0 Å². The van der Waals surface area contributed by atoms with E-state index in [1.54, 1.807) is 6.07 Å². The van der Waals surface area contributed by atoms with E-state index in [1.807, 2.05) is 24.3 Å². The van der Waals surface area contributed by atoms with Gasteiger partial charge in [0.2, 0.25) is 0 Å².